The number of aromatic nitrogens is 2. The molecule has 2 aromatic heterocycles. The second-order valence-corrected chi connectivity index (χ2v) is 5.56. The Labute approximate surface area is 137 Å². The van der Waals surface area contributed by atoms with Crippen LogP contribution >= 0.6 is 0 Å². The van der Waals surface area contributed by atoms with Crippen molar-refractivity contribution in [1.29, 1.82) is 0 Å². The van der Waals surface area contributed by atoms with Crippen molar-refractivity contribution < 1.29 is 9.13 Å². The number of fused-ring (bicyclic) bond motifs is 1. The van der Waals surface area contributed by atoms with Gasteiger partial charge in [0, 0.05) is 30.9 Å². The molecule has 6 heteroatoms. The number of halogens is 1. The van der Waals surface area contributed by atoms with Crippen molar-refractivity contribution in [1.82, 2.24) is 9.97 Å². The molecule has 0 saturated heterocycles. The molecule has 1 aromatic carbocycles. The Morgan fingerprint density at radius 1 is 1.17 bits per heavy atom. The number of pyridine rings is 1. The number of H-pyrrole nitrogens is 1. The summed E-state index contributed by atoms with van der Waals surface area (Å²) in [6.45, 7) is 0. The number of hydrogen-bond acceptors (Lipinski definition) is 4. The molecule has 120 valence electrons. The summed E-state index contributed by atoms with van der Waals surface area (Å²) in [7, 11) is 1.64. The fourth-order valence-corrected chi connectivity index (χ4v) is 2.81. The molecule has 24 heavy (non-hydrogen) atoms. The maximum atomic E-state index is 14.0. The number of nitrogens with one attached hydrogen (secondary N) is 1. The van der Waals surface area contributed by atoms with E-state index in [2.05, 4.69) is 20.2 Å². The van der Waals surface area contributed by atoms with Gasteiger partial charge in [0.25, 0.3) is 0 Å². The van der Waals surface area contributed by atoms with Crippen LogP contribution in [0.25, 0.3) is 22.3 Å². The van der Waals surface area contributed by atoms with E-state index in [0.29, 0.717) is 17.7 Å². The van der Waals surface area contributed by atoms with E-state index in [0.717, 1.165) is 22.3 Å². The average Bonchev–Trinajstić information content (AvgIpc) is 3.05. The summed E-state index contributed by atoms with van der Waals surface area (Å²) in [5.41, 5.74) is 4.35. The summed E-state index contributed by atoms with van der Waals surface area (Å²) in [5, 5.41) is 8.22. The summed E-state index contributed by atoms with van der Waals surface area (Å²) in [5.74, 6) is -0.291. The third-order valence-corrected chi connectivity index (χ3v) is 4.09. The number of nitrogens with zero attached hydrogens (tertiary/aromatic N) is 3. The van der Waals surface area contributed by atoms with Crippen LogP contribution in [0, 0.1) is 5.82 Å². The van der Waals surface area contributed by atoms with Gasteiger partial charge in [-0.05, 0) is 24.3 Å². The van der Waals surface area contributed by atoms with Crippen LogP contribution < -0.4 is 0 Å². The van der Waals surface area contributed by atoms with Gasteiger partial charge < -0.3 is 9.72 Å². The molecular formula is C18H15FN4O. The lowest BCUT2D eigenvalue weighted by Crippen LogP contribution is -2.21. The topological polar surface area (TPSA) is 62.6 Å². The average molecular weight is 322 g/mol. The molecule has 0 aliphatic carbocycles. The first-order valence-corrected chi connectivity index (χ1v) is 7.62. The summed E-state index contributed by atoms with van der Waals surface area (Å²) in [6.07, 6.45) is 4.06. The highest BCUT2D eigenvalue weighted by Crippen LogP contribution is 2.26. The van der Waals surface area contributed by atoms with Crippen molar-refractivity contribution in [2.45, 2.75) is 12.5 Å². The van der Waals surface area contributed by atoms with Crippen LogP contribution in [0.4, 0.5) is 4.39 Å². The van der Waals surface area contributed by atoms with Gasteiger partial charge in [-0.3, -0.25) is 0 Å². The predicted molar refractivity (Wildman–Crippen MR) is 91.9 cm³/mol. The Kier molecular flexibility index (Phi) is 3.66. The van der Waals surface area contributed by atoms with E-state index in [1.807, 2.05) is 12.3 Å². The number of methoxy groups -OCH3 is 1. The second-order valence-electron chi connectivity index (χ2n) is 5.56. The third-order valence-electron chi connectivity index (χ3n) is 4.09. The van der Waals surface area contributed by atoms with Gasteiger partial charge in [-0.2, -0.15) is 10.2 Å². The van der Waals surface area contributed by atoms with E-state index >= 15 is 0 Å². The molecule has 0 bridgehead atoms. The van der Waals surface area contributed by atoms with Crippen LogP contribution in [0.15, 0.2) is 52.8 Å². The third kappa shape index (κ3) is 2.51. The fourth-order valence-electron chi connectivity index (χ4n) is 2.81. The second kappa shape index (κ2) is 5.98. The van der Waals surface area contributed by atoms with Crippen LogP contribution in [0.5, 0.6) is 0 Å². The summed E-state index contributed by atoms with van der Waals surface area (Å²) < 4.78 is 19.4. The Morgan fingerprint density at radius 3 is 2.88 bits per heavy atom. The van der Waals surface area contributed by atoms with Gasteiger partial charge in [-0.25, -0.2) is 9.37 Å². The van der Waals surface area contributed by atoms with Crippen LogP contribution in [0.2, 0.25) is 0 Å². The number of ether oxygens (including phenoxy) is 1. The summed E-state index contributed by atoms with van der Waals surface area (Å²) in [6, 6.07) is 10.3. The Bertz CT molecular complexity index is 961. The van der Waals surface area contributed by atoms with Gasteiger partial charge in [-0.1, -0.05) is 12.1 Å². The molecule has 0 saturated carbocycles. The van der Waals surface area contributed by atoms with Crippen molar-refractivity contribution >= 4 is 23.0 Å². The van der Waals surface area contributed by atoms with Gasteiger partial charge in [0.15, 0.2) is 0 Å². The predicted octanol–water partition coefficient (Wildman–Crippen LogP) is 3.56. The van der Waals surface area contributed by atoms with E-state index in [4.69, 9.17) is 4.74 Å². The lowest BCUT2D eigenvalue weighted by atomic mass is 10.0. The van der Waals surface area contributed by atoms with Crippen molar-refractivity contribution in [2.75, 3.05) is 7.11 Å². The fraction of sp³-hybridized carbons (Fsp3) is 0.167. The van der Waals surface area contributed by atoms with E-state index < -0.39 is 0 Å². The molecule has 1 atom stereocenters. The van der Waals surface area contributed by atoms with E-state index in [1.54, 1.807) is 37.6 Å². The van der Waals surface area contributed by atoms with E-state index in [9.17, 15) is 4.39 Å². The highest BCUT2D eigenvalue weighted by Gasteiger charge is 2.19. The molecule has 3 heterocycles. The van der Waals surface area contributed by atoms with Crippen molar-refractivity contribution in [3.05, 3.63) is 54.0 Å². The highest BCUT2D eigenvalue weighted by atomic mass is 19.1. The minimum absolute atomic E-state index is 0.0998. The first-order valence-electron chi connectivity index (χ1n) is 7.62. The number of benzene rings is 1. The number of hydrogen-bond donors (Lipinski definition) is 1. The Morgan fingerprint density at radius 2 is 2.04 bits per heavy atom. The molecule has 1 N–H and O–H groups in total. The molecule has 0 spiro atoms. The maximum absolute atomic E-state index is 14.0. The quantitative estimate of drug-likeness (QED) is 0.801. The lowest BCUT2D eigenvalue weighted by molar-refractivity contribution is 0.164. The smallest absolute Gasteiger partial charge is 0.132 e. The molecule has 1 aliphatic heterocycles. The molecule has 1 aliphatic rings. The van der Waals surface area contributed by atoms with Gasteiger partial charge in [-0.15, -0.1) is 0 Å². The normalized spacial score (nSPS) is 17.2. The van der Waals surface area contributed by atoms with Crippen LogP contribution in [0.1, 0.15) is 12.0 Å². The molecule has 0 amide bonds. The zero-order valence-electron chi connectivity index (χ0n) is 13.0. The van der Waals surface area contributed by atoms with Crippen molar-refractivity contribution in [3.63, 3.8) is 0 Å². The highest BCUT2D eigenvalue weighted by molar-refractivity contribution is 6.11. The van der Waals surface area contributed by atoms with E-state index in [-0.39, 0.29) is 11.9 Å². The van der Waals surface area contributed by atoms with Crippen LogP contribution in [0.3, 0.4) is 0 Å². The number of rotatable bonds is 3. The summed E-state index contributed by atoms with van der Waals surface area (Å²) in [4.78, 5) is 7.83. The minimum atomic E-state index is -0.291. The molecule has 0 fully saturated rings. The van der Waals surface area contributed by atoms with Crippen LogP contribution in [-0.4, -0.2) is 35.1 Å². The van der Waals surface area contributed by atoms with Crippen molar-refractivity contribution in [3.8, 4) is 11.3 Å². The molecule has 0 radical (unpaired) electrons. The molecular weight excluding hydrogens is 307 g/mol. The van der Waals surface area contributed by atoms with Crippen molar-refractivity contribution in [2.24, 2.45) is 10.2 Å². The Hall–Kier alpha value is -2.86. The van der Waals surface area contributed by atoms with E-state index in [1.165, 1.54) is 6.07 Å². The monoisotopic (exact) mass is 322 g/mol. The van der Waals surface area contributed by atoms with Gasteiger partial charge >= 0.3 is 0 Å². The number of aromatic amines is 1. The first-order chi connectivity index (χ1) is 11.8. The van der Waals surface area contributed by atoms with Gasteiger partial charge in [0.1, 0.15) is 5.82 Å². The van der Waals surface area contributed by atoms with Gasteiger partial charge in [0.2, 0.25) is 0 Å². The zero-order chi connectivity index (χ0) is 16.5. The molecule has 3 aromatic rings. The minimum Gasteiger partial charge on any atom is -0.375 e. The Balaban J connectivity index is 1.81. The standard InChI is InChI=1S/C18H15FN4O/c1-24-11-8-17(23-21-9-11)13-10-20-16-7-6-15(22-18(13)16)12-4-2-3-5-14(12)19/h2-7,9-11,20H,8H2,1H3. The molecule has 1 unspecified atom stereocenters. The molecule has 5 nitrogen and oxygen atoms in total. The zero-order valence-corrected chi connectivity index (χ0v) is 13.0. The largest absolute Gasteiger partial charge is 0.375 e. The maximum Gasteiger partial charge on any atom is 0.132 e. The summed E-state index contributed by atoms with van der Waals surface area (Å²) >= 11 is 0. The first kappa shape index (κ1) is 14.7. The van der Waals surface area contributed by atoms with Crippen LogP contribution in [-0.2, 0) is 4.74 Å². The SMILES string of the molecule is COC1C=NN=C(c2c[nH]c3ccc(-c4ccccc4F)nc23)C1. The molecule has 4 rings (SSSR count). The van der Waals surface area contributed by atoms with Gasteiger partial charge in [0.05, 0.1) is 34.8 Å². The lowest BCUT2D eigenvalue weighted by Gasteiger charge is -2.14.